The SMILES string of the molecule is O=C(CCc1c[nH]c2ccccc12)Nc1ccc(S(=O)(=O)NC2=NCCCCC2)cc1. The lowest BCUT2D eigenvalue weighted by molar-refractivity contribution is -0.116. The molecule has 0 spiro atoms. The second kappa shape index (κ2) is 9.34. The van der Waals surface area contributed by atoms with E-state index in [1.54, 1.807) is 12.1 Å². The number of hydrogen-bond donors (Lipinski definition) is 3. The summed E-state index contributed by atoms with van der Waals surface area (Å²) in [6.07, 6.45) is 6.51. The maximum atomic E-state index is 12.6. The van der Waals surface area contributed by atoms with Crippen LogP contribution in [0.25, 0.3) is 10.9 Å². The Hall–Kier alpha value is -3.13. The molecule has 0 fully saturated rings. The number of aromatic amines is 1. The zero-order chi connectivity index (χ0) is 21.7. The summed E-state index contributed by atoms with van der Waals surface area (Å²) in [7, 11) is -3.68. The summed E-state index contributed by atoms with van der Waals surface area (Å²) in [5.41, 5.74) is 2.72. The molecular formula is C23H26N4O3S. The fourth-order valence-electron chi connectivity index (χ4n) is 3.70. The number of aryl methyl sites for hydroxylation is 1. The molecule has 4 rings (SSSR count). The Morgan fingerprint density at radius 1 is 1.03 bits per heavy atom. The molecule has 7 nitrogen and oxygen atoms in total. The van der Waals surface area contributed by atoms with Gasteiger partial charge in [-0.05, 0) is 55.2 Å². The third kappa shape index (κ3) is 5.32. The molecule has 1 aliphatic rings. The highest BCUT2D eigenvalue weighted by atomic mass is 32.2. The number of carbonyl (C=O) groups is 1. The topological polar surface area (TPSA) is 103 Å². The van der Waals surface area contributed by atoms with Crippen LogP contribution in [0.1, 0.15) is 37.7 Å². The van der Waals surface area contributed by atoms with Crippen LogP contribution in [0.3, 0.4) is 0 Å². The third-order valence-corrected chi connectivity index (χ3v) is 6.77. The van der Waals surface area contributed by atoms with E-state index in [0.717, 1.165) is 35.7 Å². The summed E-state index contributed by atoms with van der Waals surface area (Å²) in [5, 5.41) is 3.95. The number of amides is 1. The first-order valence-corrected chi connectivity index (χ1v) is 12.0. The Labute approximate surface area is 182 Å². The summed E-state index contributed by atoms with van der Waals surface area (Å²) in [6.45, 7) is 0.654. The number of nitrogens with zero attached hydrogens (tertiary/aromatic N) is 1. The Balaban J connectivity index is 1.34. The van der Waals surface area contributed by atoms with Crippen LogP contribution >= 0.6 is 0 Å². The van der Waals surface area contributed by atoms with E-state index < -0.39 is 10.0 Å². The maximum absolute atomic E-state index is 12.6. The van der Waals surface area contributed by atoms with Gasteiger partial charge in [0.25, 0.3) is 10.0 Å². The Bertz CT molecular complexity index is 1200. The van der Waals surface area contributed by atoms with Crippen molar-refractivity contribution in [2.24, 2.45) is 4.99 Å². The zero-order valence-electron chi connectivity index (χ0n) is 17.2. The molecule has 8 heteroatoms. The number of sulfonamides is 1. The molecule has 1 aliphatic heterocycles. The summed E-state index contributed by atoms with van der Waals surface area (Å²) in [6, 6.07) is 14.2. The van der Waals surface area contributed by atoms with Gasteiger partial charge in [-0.15, -0.1) is 0 Å². The van der Waals surface area contributed by atoms with Gasteiger partial charge in [0.2, 0.25) is 5.91 Å². The smallest absolute Gasteiger partial charge is 0.262 e. The molecule has 1 amide bonds. The van der Waals surface area contributed by atoms with Crippen LogP contribution in [-0.4, -0.2) is 31.7 Å². The minimum atomic E-state index is -3.68. The number of anilines is 1. The van der Waals surface area contributed by atoms with Crippen molar-refractivity contribution in [2.75, 3.05) is 11.9 Å². The van der Waals surface area contributed by atoms with Gasteiger partial charge in [-0.1, -0.05) is 24.6 Å². The number of aromatic nitrogens is 1. The van der Waals surface area contributed by atoms with Crippen molar-refractivity contribution in [3.05, 3.63) is 60.3 Å². The summed E-state index contributed by atoms with van der Waals surface area (Å²) < 4.78 is 27.8. The molecule has 1 aromatic heterocycles. The molecule has 0 unspecified atom stereocenters. The van der Waals surface area contributed by atoms with Gasteiger partial charge >= 0.3 is 0 Å². The highest BCUT2D eigenvalue weighted by Gasteiger charge is 2.17. The van der Waals surface area contributed by atoms with Crippen LogP contribution in [0.15, 0.2) is 64.6 Å². The number of para-hydroxylation sites is 1. The van der Waals surface area contributed by atoms with E-state index in [1.165, 1.54) is 12.1 Å². The first-order valence-electron chi connectivity index (χ1n) is 10.5. The van der Waals surface area contributed by atoms with Crippen LogP contribution in [-0.2, 0) is 21.2 Å². The molecule has 0 saturated heterocycles. The van der Waals surface area contributed by atoms with E-state index in [9.17, 15) is 13.2 Å². The largest absolute Gasteiger partial charge is 0.361 e. The standard InChI is InChI=1S/C23H26N4O3S/c28-23(14-9-17-16-25-21-7-4-3-6-20(17)21)26-18-10-12-19(13-11-18)31(29,30)27-22-8-2-1-5-15-24-22/h3-4,6-7,10-13,16,25H,1-2,5,8-9,14-15H2,(H,24,27)(H,26,28). The molecule has 0 radical (unpaired) electrons. The van der Waals surface area contributed by atoms with Crippen molar-refractivity contribution in [2.45, 2.75) is 43.4 Å². The van der Waals surface area contributed by atoms with Crippen LogP contribution < -0.4 is 10.0 Å². The van der Waals surface area contributed by atoms with E-state index in [-0.39, 0.29) is 10.8 Å². The van der Waals surface area contributed by atoms with E-state index in [1.807, 2.05) is 30.5 Å². The number of hydrogen-bond acceptors (Lipinski definition) is 4. The number of carbonyl (C=O) groups excluding carboxylic acids is 1. The first-order chi connectivity index (χ1) is 15.0. The Morgan fingerprint density at radius 2 is 1.84 bits per heavy atom. The molecule has 0 bridgehead atoms. The molecule has 31 heavy (non-hydrogen) atoms. The van der Waals surface area contributed by atoms with Crippen molar-refractivity contribution < 1.29 is 13.2 Å². The van der Waals surface area contributed by atoms with Gasteiger partial charge in [0.05, 0.1) is 4.90 Å². The van der Waals surface area contributed by atoms with Crippen LogP contribution in [0.5, 0.6) is 0 Å². The molecule has 3 N–H and O–H groups in total. The first kappa shape index (κ1) is 21.1. The van der Waals surface area contributed by atoms with Crippen LogP contribution in [0, 0.1) is 0 Å². The molecule has 3 aromatic rings. The average Bonchev–Trinajstić information content (AvgIpc) is 3.01. The molecule has 162 valence electrons. The molecule has 0 atom stereocenters. The number of amidine groups is 1. The summed E-state index contributed by atoms with van der Waals surface area (Å²) in [5.74, 6) is 0.402. The van der Waals surface area contributed by atoms with Gasteiger partial charge in [-0.2, -0.15) is 0 Å². The van der Waals surface area contributed by atoms with Gasteiger partial charge in [-0.25, -0.2) is 8.42 Å². The Kier molecular flexibility index (Phi) is 6.36. The molecule has 0 saturated carbocycles. The van der Waals surface area contributed by atoms with E-state index in [0.29, 0.717) is 37.3 Å². The minimum Gasteiger partial charge on any atom is -0.361 e. The van der Waals surface area contributed by atoms with E-state index >= 15 is 0 Å². The molecular weight excluding hydrogens is 412 g/mol. The second-order valence-electron chi connectivity index (χ2n) is 7.68. The second-order valence-corrected chi connectivity index (χ2v) is 9.36. The van der Waals surface area contributed by atoms with Gasteiger partial charge in [-0.3, -0.25) is 14.5 Å². The lowest BCUT2D eigenvalue weighted by atomic mass is 10.1. The monoisotopic (exact) mass is 438 g/mol. The lowest BCUT2D eigenvalue weighted by Gasteiger charge is -2.10. The highest BCUT2D eigenvalue weighted by molar-refractivity contribution is 7.90. The molecule has 2 heterocycles. The zero-order valence-corrected chi connectivity index (χ0v) is 18.0. The number of nitrogens with one attached hydrogen (secondary N) is 3. The van der Waals surface area contributed by atoms with Crippen molar-refractivity contribution in [1.29, 1.82) is 0 Å². The number of benzene rings is 2. The van der Waals surface area contributed by atoms with Gasteiger partial charge in [0.1, 0.15) is 5.84 Å². The van der Waals surface area contributed by atoms with Crippen molar-refractivity contribution in [3.63, 3.8) is 0 Å². The van der Waals surface area contributed by atoms with Crippen molar-refractivity contribution in [3.8, 4) is 0 Å². The fraction of sp³-hybridized carbons (Fsp3) is 0.304. The number of rotatable bonds is 6. The van der Waals surface area contributed by atoms with Crippen LogP contribution in [0.2, 0.25) is 0 Å². The quantitative estimate of drug-likeness (QED) is 0.542. The minimum absolute atomic E-state index is 0.119. The predicted octanol–water partition coefficient (Wildman–Crippen LogP) is 3.99. The highest BCUT2D eigenvalue weighted by Crippen LogP contribution is 2.20. The summed E-state index contributed by atoms with van der Waals surface area (Å²) in [4.78, 5) is 20.0. The maximum Gasteiger partial charge on any atom is 0.262 e. The molecule has 0 aliphatic carbocycles. The van der Waals surface area contributed by atoms with Gasteiger partial charge in [0, 0.05) is 42.2 Å². The van der Waals surface area contributed by atoms with Crippen molar-refractivity contribution >= 4 is 38.4 Å². The predicted molar refractivity (Wildman–Crippen MR) is 123 cm³/mol. The number of H-pyrrole nitrogens is 1. The van der Waals surface area contributed by atoms with Crippen LogP contribution in [0.4, 0.5) is 5.69 Å². The van der Waals surface area contributed by atoms with Gasteiger partial charge in [0.15, 0.2) is 0 Å². The van der Waals surface area contributed by atoms with Gasteiger partial charge < -0.3 is 10.3 Å². The molecule has 2 aromatic carbocycles. The van der Waals surface area contributed by atoms with E-state index in [2.05, 4.69) is 20.0 Å². The average molecular weight is 439 g/mol. The fourth-order valence-corrected chi connectivity index (χ4v) is 4.79. The number of aliphatic imine (C=N–C) groups is 1. The lowest BCUT2D eigenvalue weighted by Crippen LogP contribution is -2.30. The Morgan fingerprint density at radius 3 is 2.68 bits per heavy atom. The number of fused-ring (bicyclic) bond motifs is 1. The summed E-state index contributed by atoms with van der Waals surface area (Å²) >= 11 is 0. The third-order valence-electron chi connectivity index (χ3n) is 5.37. The van der Waals surface area contributed by atoms with Crippen molar-refractivity contribution in [1.82, 2.24) is 9.71 Å². The van der Waals surface area contributed by atoms with E-state index in [4.69, 9.17) is 0 Å². The normalized spacial score (nSPS) is 14.6.